The van der Waals surface area contributed by atoms with Gasteiger partial charge < -0.3 is 9.84 Å². The maximum absolute atomic E-state index is 11.6. The fraction of sp³-hybridized carbons (Fsp3) is 0.462. The van der Waals surface area contributed by atoms with Gasteiger partial charge in [-0.15, -0.1) is 0 Å². The van der Waals surface area contributed by atoms with Gasteiger partial charge in [-0.05, 0) is 6.07 Å². The summed E-state index contributed by atoms with van der Waals surface area (Å²) in [5.41, 5.74) is -0.178. The lowest BCUT2D eigenvalue weighted by atomic mass is 9.97. The minimum Gasteiger partial charge on any atom is -0.339 e. The third kappa shape index (κ3) is 4.51. The zero-order valence-electron chi connectivity index (χ0n) is 12.3. The highest BCUT2D eigenvalue weighted by molar-refractivity contribution is 5.87. The predicted octanol–water partition coefficient (Wildman–Crippen LogP) is 1.52. The summed E-state index contributed by atoms with van der Waals surface area (Å²) >= 11 is 0. The molecule has 0 radical (unpaired) electrons. The number of urea groups is 1. The molecule has 0 saturated carbocycles. The maximum Gasteiger partial charge on any atom is 0.320 e. The summed E-state index contributed by atoms with van der Waals surface area (Å²) in [7, 11) is 0. The number of rotatable bonds is 4. The number of nitrogens with one attached hydrogen (secondary N) is 2. The van der Waals surface area contributed by atoms with Crippen molar-refractivity contribution >= 4 is 11.8 Å². The number of aromatic nitrogens is 4. The number of hydrogen-bond acceptors (Lipinski definition) is 6. The molecule has 2 N–H and O–H groups in total. The molecule has 2 heterocycles. The van der Waals surface area contributed by atoms with Gasteiger partial charge in [-0.3, -0.25) is 5.32 Å². The Balaban J connectivity index is 1.77. The number of hydrogen-bond donors (Lipinski definition) is 2. The molecule has 21 heavy (non-hydrogen) atoms. The van der Waals surface area contributed by atoms with Crippen molar-refractivity contribution in [3.05, 3.63) is 30.3 Å². The predicted molar refractivity (Wildman–Crippen MR) is 75.8 cm³/mol. The lowest BCUT2D eigenvalue weighted by Crippen LogP contribution is -2.30. The summed E-state index contributed by atoms with van der Waals surface area (Å²) in [4.78, 5) is 23.6. The van der Waals surface area contributed by atoms with Crippen molar-refractivity contribution in [1.82, 2.24) is 25.4 Å². The van der Waals surface area contributed by atoms with Gasteiger partial charge in [-0.1, -0.05) is 25.9 Å². The van der Waals surface area contributed by atoms with Crippen molar-refractivity contribution in [2.75, 3.05) is 11.9 Å². The summed E-state index contributed by atoms with van der Waals surface area (Å²) in [5, 5.41) is 9.17. The van der Waals surface area contributed by atoms with Crippen LogP contribution in [0.3, 0.4) is 0 Å². The van der Waals surface area contributed by atoms with E-state index >= 15 is 0 Å². The van der Waals surface area contributed by atoms with E-state index in [1.807, 2.05) is 20.8 Å². The van der Waals surface area contributed by atoms with Gasteiger partial charge in [0.25, 0.3) is 0 Å². The molecule has 8 nitrogen and oxygen atoms in total. The van der Waals surface area contributed by atoms with Gasteiger partial charge >= 0.3 is 6.03 Å². The quantitative estimate of drug-likeness (QED) is 0.884. The molecule has 0 spiro atoms. The molecule has 0 aromatic carbocycles. The lowest BCUT2D eigenvalue weighted by molar-refractivity contribution is 0.252. The molecule has 0 unspecified atom stereocenters. The van der Waals surface area contributed by atoms with Gasteiger partial charge in [0.05, 0.1) is 0 Å². The lowest BCUT2D eigenvalue weighted by Gasteiger charge is -2.10. The molecule has 0 fully saturated rings. The van der Waals surface area contributed by atoms with Crippen molar-refractivity contribution in [3.8, 4) is 0 Å². The Bertz CT molecular complexity index is 590. The fourth-order valence-electron chi connectivity index (χ4n) is 1.47. The van der Waals surface area contributed by atoms with Crippen molar-refractivity contribution < 1.29 is 9.32 Å². The zero-order chi connectivity index (χ0) is 15.3. The first-order valence-corrected chi connectivity index (χ1v) is 6.59. The SMILES string of the molecule is CC(C)(C)c1nc(CCNC(=O)Nc2ccncn2)no1. The molecule has 0 saturated heterocycles. The summed E-state index contributed by atoms with van der Waals surface area (Å²) in [5.74, 6) is 1.60. The van der Waals surface area contributed by atoms with Crippen LogP contribution in [0, 0.1) is 0 Å². The molecule has 2 rings (SSSR count). The second kappa shape index (κ2) is 6.29. The monoisotopic (exact) mass is 290 g/mol. The van der Waals surface area contributed by atoms with Crippen LogP contribution in [0.25, 0.3) is 0 Å². The van der Waals surface area contributed by atoms with E-state index in [1.54, 1.807) is 12.3 Å². The fourth-order valence-corrected chi connectivity index (χ4v) is 1.47. The van der Waals surface area contributed by atoms with Gasteiger partial charge in [0.2, 0.25) is 5.89 Å². The molecule has 0 aliphatic heterocycles. The van der Waals surface area contributed by atoms with E-state index in [4.69, 9.17) is 4.52 Å². The van der Waals surface area contributed by atoms with Gasteiger partial charge in [0.1, 0.15) is 12.1 Å². The van der Waals surface area contributed by atoms with Gasteiger partial charge in [-0.2, -0.15) is 4.98 Å². The molecular formula is C13H18N6O2. The van der Waals surface area contributed by atoms with Crippen molar-refractivity contribution in [2.45, 2.75) is 32.6 Å². The Hall–Kier alpha value is -2.51. The molecule has 2 aromatic rings. The number of carbonyl (C=O) groups is 1. The molecule has 0 aliphatic carbocycles. The number of carbonyl (C=O) groups excluding carboxylic acids is 1. The first kappa shape index (κ1) is 14.9. The van der Waals surface area contributed by atoms with E-state index in [1.165, 1.54) is 6.33 Å². The van der Waals surface area contributed by atoms with E-state index in [0.29, 0.717) is 30.5 Å². The van der Waals surface area contributed by atoms with Crippen LogP contribution < -0.4 is 10.6 Å². The summed E-state index contributed by atoms with van der Waals surface area (Å²) < 4.78 is 5.18. The van der Waals surface area contributed by atoms with E-state index in [0.717, 1.165) is 0 Å². The highest BCUT2D eigenvalue weighted by Gasteiger charge is 2.21. The van der Waals surface area contributed by atoms with Crippen molar-refractivity contribution in [1.29, 1.82) is 0 Å². The Kier molecular flexibility index (Phi) is 4.46. The van der Waals surface area contributed by atoms with Crippen LogP contribution in [-0.2, 0) is 11.8 Å². The molecule has 2 amide bonds. The van der Waals surface area contributed by atoms with Crippen molar-refractivity contribution in [2.24, 2.45) is 0 Å². The first-order chi connectivity index (χ1) is 9.95. The molecule has 0 bridgehead atoms. The molecule has 0 atom stereocenters. The van der Waals surface area contributed by atoms with E-state index in [9.17, 15) is 4.79 Å². The summed E-state index contributed by atoms with van der Waals surface area (Å²) in [6.45, 7) is 6.40. The highest BCUT2D eigenvalue weighted by Crippen LogP contribution is 2.19. The van der Waals surface area contributed by atoms with Crippen LogP contribution in [-0.4, -0.2) is 32.7 Å². The van der Waals surface area contributed by atoms with Crippen LogP contribution in [0.5, 0.6) is 0 Å². The first-order valence-electron chi connectivity index (χ1n) is 6.59. The highest BCUT2D eigenvalue weighted by atomic mass is 16.5. The second-order valence-corrected chi connectivity index (χ2v) is 5.49. The van der Waals surface area contributed by atoms with Crippen LogP contribution in [0.4, 0.5) is 10.6 Å². The van der Waals surface area contributed by atoms with E-state index in [2.05, 4.69) is 30.7 Å². The summed E-state index contributed by atoms with van der Waals surface area (Å²) in [6, 6.07) is 1.27. The average molecular weight is 290 g/mol. The molecular weight excluding hydrogens is 272 g/mol. The number of anilines is 1. The standard InChI is InChI=1S/C13H18N6O2/c1-13(2,3)11-17-10(19-21-11)5-7-15-12(20)18-9-4-6-14-8-16-9/h4,6,8H,5,7H2,1-3H3,(H2,14,15,16,18,20). The van der Waals surface area contributed by atoms with Gasteiger partial charge in [-0.25, -0.2) is 14.8 Å². The minimum atomic E-state index is -0.340. The Morgan fingerprint density at radius 2 is 2.19 bits per heavy atom. The molecule has 112 valence electrons. The Morgan fingerprint density at radius 1 is 1.38 bits per heavy atom. The van der Waals surface area contributed by atoms with Crippen LogP contribution in [0.2, 0.25) is 0 Å². The third-order valence-electron chi connectivity index (χ3n) is 2.57. The molecule has 0 aliphatic rings. The van der Waals surface area contributed by atoms with E-state index in [-0.39, 0.29) is 11.4 Å². The largest absolute Gasteiger partial charge is 0.339 e. The smallest absolute Gasteiger partial charge is 0.320 e. The molecule has 2 aromatic heterocycles. The Morgan fingerprint density at radius 3 is 2.81 bits per heavy atom. The van der Waals surface area contributed by atoms with Crippen LogP contribution in [0.1, 0.15) is 32.5 Å². The minimum absolute atomic E-state index is 0.178. The maximum atomic E-state index is 11.6. The third-order valence-corrected chi connectivity index (χ3v) is 2.57. The van der Waals surface area contributed by atoms with Crippen LogP contribution in [0.15, 0.2) is 23.1 Å². The topological polar surface area (TPSA) is 106 Å². The molecule has 8 heteroatoms. The van der Waals surface area contributed by atoms with Crippen LogP contribution >= 0.6 is 0 Å². The second-order valence-electron chi connectivity index (χ2n) is 5.49. The summed E-state index contributed by atoms with van der Waals surface area (Å²) in [6.07, 6.45) is 3.41. The Labute approximate surface area is 122 Å². The van der Waals surface area contributed by atoms with Crippen molar-refractivity contribution in [3.63, 3.8) is 0 Å². The zero-order valence-corrected chi connectivity index (χ0v) is 12.3. The number of nitrogens with zero attached hydrogens (tertiary/aromatic N) is 4. The van der Waals surface area contributed by atoms with Gasteiger partial charge in [0, 0.05) is 24.6 Å². The average Bonchev–Trinajstić information content (AvgIpc) is 2.88. The normalized spacial score (nSPS) is 11.2. The van der Waals surface area contributed by atoms with Gasteiger partial charge in [0.15, 0.2) is 5.82 Å². The number of amides is 2. The van der Waals surface area contributed by atoms with E-state index < -0.39 is 0 Å².